The highest BCUT2D eigenvalue weighted by Gasteiger charge is 2.37. The van der Waals surface area contributed by atoms with Crippen molar-refractivity contribution in [2.24, 2.45) is 0 Å². The Hall–Kier alpha value is -2.42. The minimum absolute atomic E-state index is 0.249. The summed E-state index contributed by atoms with van der Waals surface area (Å²) in [6.45, 7) is 1.99. The van der Waals surface area contributed by atoms with Crippen LogP contribution in [0.15, 0.2) is 91.0 Å². The normalized spacial score (nSPS) is 12.8. The van der Waals surface area contributed by atoms with Gasteiger partial charge in [-0.1, -0.05) is 91.0 Å². The molecule has 0 aliphatic heterocycles. The van der Waals surface area contributed by atoms with E-state index in [0.29, 0.717) is 0 Å². The van der Waals surface area contributed by atoms with E-state index in [4.69, 9.17) is 4.74 Å². The zero-order valence-corrected chi connectivity index (χ0v) is 13.8. The van der Waals surface area contributed by atoms with Crippen LogP contribution in [0.1, 0.15) is 23.6 Å². The Kier molecular flexibility index (Phi) is 5.09. The molecule has 0 unspecified atom stereocenters. The molecular weight excluding hydrogens is 296 g/mol. The number of hydrogen-bond acceptors (Lipinski definition) is 2. The molecule has 0 bridgehead atoms. The van der Waals surface area contributed by atoms with Gasteiger partial charge in [0.1, 0.15) is 5.60 Å². The van der Waals surface area contributed by atoms with Gasteiger partial charge in [-0.2, -0.15) is 0 Å². The first-order chi connectivity index (χ1) is 11.7. The van der Waals surface area contributed by atoms with E-state index in [-0.39, 0.29) is 6.61 Å². The van der Waals surface area contributed by atoms with Crippen molar-refractivity contribution >= 4 is 0 Å². The third-order valence-corrected chi connectivity index (χ3v) is 4.08. The lowest BCUT2D eigenvalue weighted by molar-refractivity contribution is -0.0325. The summed E-state index contributed by atoms with van der Waals surface area (Å²) in [5.74, 6) is 0. The van der Waals surface area contributed by atoms with Crippen LogP contribution in [-0.4, -0.2) is 17.8 Å². The van der Waals surface area contributed by atoms with Gasteiger partial charge in [-0.3, -0.25) is 0 Å². The largest absolute Gasteiger partial charge is 0.391 e. The number of benzene rings is 3. The molecule has 3 rings (SSSR count). The molecule has 3 aromatic carbocycles. The second-order valence-electron chi connectivity index (χ2n) is 5.94. The molecule has 24 heavy (non-hydrogen) atoms. The van der Waals surface area contributed by atoms with E-state index in [1.165, 1.54) is 0 Å². The standard InChI is InChI=1S/C22H22O2/c1-18(23)17-24-22(19-11-5-2-6-12-19,20-13-7-3-8-14-20)21-15-9-4-10-16-21/h2-16,18,23H,17H2,1H3/t18-/m1/s1. The summed E-state index contributed by atoms with van der Waals surface area (Å²) in [6, 6.07) is 30.5. The molecule has 0 fully saturated rings. The molecule has 0 spiro atoms. The molecule has 0 saturated heterocycles. The number of rotatable bonds is 6. The first-order valence-electron chi connectivity index (χ1n) is 8.22. The lowest BCUT2D eigenvalue weighted by atomic mass is 9.80. The summed E-state index contributed by atoms with van der Waals surface area (Å²) in [7, 11) is 0. The molecule has 0 aliphatic rings. The van der Waals surface area contributed by atoms with Gasteiger partial charge in [0, 0.05) is 0 Å². The van der Waals surface area contributed by atoms with Gasteiger partial charge in [0.2, 0.25) is 0 Å². The lowest BCUT2D eigenvalue weighted by Gasteiger charge is -2.36. The predicted octanol–water partition coefficient (Wildman–Crippen LogP) is 4.38. The predicted molar refractivity (Wildman–Crippen MR) is 96.8 cm³/mol. The van der Waals surface area contributed by atoms with Gasteiger partial charge < -0.3 is 9.84 Å². The maximum atomic E-state index is 9.83. The van der Waals surface area contributed by atoms with E-state index >= 15 is 0 Å². The molecule has 0 saturated carbocycles. The van der Waals surface area contributed by atoms with Gasteiger partial charge in [0.15, 0.2) is 0 Å². The van der Waals surface area contributed by atoms with Crippen molar-refractivity contribution in [3.05, 3.63) is 108 Å². The summed E-state index contributed by atoms with van der Waals surface area (Å²) in [4.78, 5) is 0. The van der Waals surface area contributed by atoms with E-state index < -0.39 is 11.7 Å². The van der Waals surface area contributed by atoms with Crippen LogP contribution in [0, 0.1) is 0 Å². The molecule has 0 heterocycles. The first kappa shape index (κ1) is 16.4. The third kappa shape index (κ3) is 3.25. The van der Waals surface area contributed by atoms with Gasteiger partial charge in [-0.25, -0.2) is 0 Å². The van der Waals surface area contributed by atoms with E-state index in [9.17, 15) is 5.11 Å². The molecule has 122 valence electrons. The smallest absolute Gasteiger partial charge is 0.143 e. The molecule has 1 N–H and O–H groups in total. The summed E-state index contributed by atoms with van der Waals surface area (Å²) < 4.78 is 6.40. The average molecular weight is 318 g/mol. The maximum Gasteiger partial charge on any atom is 0.143 e. The molecule has 1 atom stereocenters. The van der Waals surface area contributed by atoms with Gasteiger partial charge in [-0.05, 0) is 23.6 Å². The van der Waals surface area contributed by atoms with Gasteiger partial charge in [0.05, 0.1) is 12.7 Å². The fourth-order valence-corrected chi connectivity index (χ4v) is 3.01. The van der Waals surface area contributed by atoms with Gasteiger partial charge >= 0.3 is 0 Å². The van der Waals surface area contributed by atoms with Crippen LogP contribution in [0.4, 0.5) is 0 Å². The quantitative estimate of drug-likeness (QED) is 0.684. The van der Waals surface area contributed by atoms with E-state index in [0.717, 1.165) is 16.7 Å². The molecule has 0 radical (unpaired) electrons. The topological polar surface area (TPSA) is 29.5 Å². The summed E-state index contributed by atoms with van der Waals surface area (Å²) in [5.41, 5.74) is 2.38. The highest BCUT2D eigenvalue weighted by Crippen LogP contribution is 2.40. The van der Waals surface area contributed by atoms with Crippen LogP contribution in [0.25, 0.3) is 0 Å². The monoisotopic (exact) mass is 318 g/mol. The van der Waals surface area contributed by atoms with E-state index in [1.807, 2.05) is 54.6 Å². The number of aliphatic hydroxyl groups excluding tert-OH is 1. The molecular formula is C22H22O2. The van der Waals surface area contributed by atoms with Crippen molar-refractivity contribution in [2.45, 2.75) is 18.6 Å². The zero-order chi connectivity index (χ0) is 16.8. The molecule has 0 aromatic heterocycles. The van der Waals surface area contributed by atoms with Crippen molar-refractivity contribution in [1.29, 1.82) is 0 Å². The Bertz CT molecular complexity index is 640. The zero-order valence-electron chi connectivity index (χ0n) is 13.8. The third-order valence-electron chi connectivity index (χ3n) is 4.08. The fraction of sp³-hybridized carbons (Fsp3) is 0.182. The Morgan fingerprint density at radius 2 is 1.04 bits per heavy atom. The Balaban J connectivity index is 2.24. The van der Waals surface area contributed by atoms with Gasteiger partial charge in [0.25, 0.3) is 0 Å². The molecule has 2 heteroatoms. The number of ether oxygens (including phenoxy) is 1. The second kappa shape index (κ2) is 7.43. The Labute approximate surface area is 143 Å². The van der Waals surface area contributed by atoms with Crippen molar-refractivity contribution in [2.75, 3.05) is 6.61 Å². The summed E-state index contributed by atoms with van der Waals surface area (Å²) in [5, 5.41) is 9.83. The van der Waals surface area contributed by atoms with Crippen LogP contribution in [0.5, 0.6) is 0 Å². The van der Waals surface area contributed by atoms with Crippen molar-refractivity contribution < 1.29 is 9.84 Å². The lowest BCUT2D eigenvalue weighted by Crippen LogP contribution is -2.35. The fourth-order valence-electron chi connectivity index (χ4n) is 3.01. The Morgan fingerprint density at radius 1 is 0.708 bits per heavy atom. The minimum Gasteiger partial charge on any atom is -0.391 e. The van der Waals surface area contributed by atoms with Crippen LogP contribution < -0.4 is 0 Å². The highest BCUT2D eigenvalue weighted by atomic mass is 16.5. The average Bonchev–Trinajstić information content (AvgIpc) is 2.65. The van der Waals surface area contributed by atoms with E-state index in [1.54, 1.807) is 6.92 Å². The van der Waals surface area contributed by atoms with Crippen molar-refractivity contribution in [3.63, 3.8) is 0 Å². The SMILES string of the molecule is C[C@@H](O)COC(c1ccccc1)(c1ccccc1)c1ccccc1. The Morgan fingerprint density at radius 3 is 1.33 bits per heavy atom. The van der Waals surface area contributed by atoms with Crippen LogP contribution in [0.3, 0.4) is 0 Å². The molecule has 0 aliphatic carbocycles. The second-order valence-corrected chi connectivity index (χ2v) is 5.94. The highest BCUT2D eigenvalue weighted by molar-refractivity contribution is 5.47. The van der Waals surface area contributed by atoms with Crippen LogP contribution in [-0.2, 0) is 10.3 Å². The number of hydrogen-bond donors (Lipinski definition) is 1. The first-order valence-corrected chi connectivity index (χ1v) is 8.22. The van der Waals surface area contributed by atoms with Crippen LogP contribution in [0.2, 0.25) is 0 Å². The van der Waals surface area contributed by atoms with Crippen LogP contribution >= 0.6 is 0 Å². The molecule has 3 aromatic rings. The molecule has 0 amide bonds. The summed E-state index contributed by atoms with van der Waals surface area (Å²) >= 11 is 0. The van der Waals surface area contributed by atoms with E-state index in [2.05, 4.69) is 36.4 Å². The van der Waals surface area contributed by atoms with Gasteiger partial charge in [-0.15, -0.1) is 0 Å². The number of aliphatic hydroxyl groups is 1. The van der Waals surface area contributed by atoms with Crippen molar-refractivity contribution in [1.82, 2.24) is 0 Å². The van der Waals surface area contributed by atoms with Crippen molar-refractivity contribution in [3.8, 4) is 0 Å². The summed E-state index contributed by atoms with van der Waals surface area (Å²) in [6.07, 6.45) is -0.541. The molecule has 2 nitrogen and oxygen atoms in total. The maximum absolute atomic E-state index is 9.83. The minimum atomic E-state index is -0.749.